The molecule has 0 spiro atoms. The minimum atomic E-state index is -0.571. The van der Waals surface area contributed by atoms with Crippen molar-refractivity contribution in [3.8, 4) is 11.1 Å². The van der Waals surface area contributed by atoms with E-state index in [1.807, 2.05) is 0 Å². The molecule has 0 heterocycles. The van der Waals surface area contributed by atoms with Crippen LogP contribution in [0, 0.1) is 23.7 Å². The smallest absolute Gasteiger partial charge is 0.335 e. The summed E-state index contributed by atoms with van der Waals surface area (Å²) < 4.78 is 10.9. The first-order chi connectivity index (χ1) is 24.2. The van der Waals surface area contributed by atoms with Crippen LogP contribution in [0.15, 0.2) is 85.0 Å². The Hall–Kier alpha value is -3.70. The van der Waals surface area contributed by atoms with Crippen molar-refractivity contribution in [1.82, 2.24) is 0 Å². The third-order valence-corrected chi connectivity index (χ3v) is 11.5. The summed E-state index contributed by atoms with van der Waals surface area (Å²) in [6, 6.07) is 23.1. The SMILES string of the molecule is C=C(C)C(=O)OCC(CCOC(=O)C(=C)CO)C1CCC(CCC2CCC(c3ccc4cc(-c5ccc(CCC)cc5)ccc4c3)CC2)CC1. The number of hydrogen-bond acceptors (Lipinski definition) is 5. The molecule has 0 aliphatic heterocycles. The van der Waals surface area contributed by atoms with Crippen molar-refractivity contribution >= 4 is 22.7 Å². The van der Waals surface area contributed by atoms with Crippen molar-refractivity contribution in [2.45, 2.75) is 103 Å². The molecule has 0 saturated heterocycles. The highest BCUT2D eigenvalue weighted by Gasteiger charge is 2.30. The van der Waals surface area contributed by atoms with Gasteiger partial charge in [-0.25, -0.2) is 9.59 Å². The molecule has 5 nitrogen and oxygen atoms in total. The monoisotopic (exact) mass is 678 g/mol. The maximum absolute atomic E-state index is 12.1. The number of carbonyl (C=O) groups is 2. The maximum Gasteiger partial charge on any atom is 0.335 e. The van der Waals surface area contributed by atoms with Gasteiger partial charge in [0.25, 0.3) is 0 Å². The van der Waals surface area contributed by atoms with Crippen molar-refractivity contribution in [3.05, 3.63) is 96.1 Å². The molecule has 0 bridgehead atoms. The van der Waals surface area contributed by atoms with Gasteiger partial charge in [-0.15, -0.1) is 0 Å². The average molecular weight is 679 g/mol. The van der Waals surface area contributed by atoms with E-state index in [9.17, 15) is 9.59 Å². The van der Waals surface area contributed by atoms with E-state index < -0.39 is 12.6 Å². The lowest BCUT2D eigenvalue weighted by Crippen LogP contribution is -2.28. The molecule has 0 amide bonds. The molecule has 5 heteroatoms. The van der Waals surface area contributed by atoms with Crippen LogP contribution >= 0.6 is 0 Å². The molecular formula is C45H58O5. The maximum atomic E-state index is 12.1. The van der Waals surface area contributed by atoms with Crippen LogP contribution in [0.3, 0.4) is 0 Å². The fourth-order valence-corrected chi connectivity index (χ4v) is 8.29. The second kappa shape index (κ2) is 18.5. The lowest BCUT2D eigenvalue weighted by molar-refractivity contribution is -0.144. The van der Waals surface area contributed by atoms with Crippen molar-refractivity contribution < 1.29 is 24.2 Å². The summed E-state index contributed by atoms with van der Waals surface area (Å²) in [6.07, 6.45) is 15.4. The highest BCUT2D eigenvalue weighted by molar-refractivity contribution is 5.88. The number of benzene rings is 3. The molecule has 50 heavy (non-hydrogen) atoms. The Bertz CT molecular complexity index is 1590. The van der Waals surface area contributed by atoms with Crippen LogP contribution in [0.1, 0.15) is 108 Å². The number of aliphatic hydroxyl groups excluding tert-OH is 1. The minimum absolute atomic E-state index is 0.0522. The third-order valence-electron chi connectivity index (χ3n) is 11.5. The van der Waals surface area contributed by atoms with Gasteiger partial charge in [0, 0.05) is 5.57 Å². The van der Waals surface area contributed by atoms with Gasteiger partial charge in [0.2, 0.25) is 0 Å². The Morgan fingerprint density at radius 3 is 2.04 bits per heavy atom. The Balaban J connectivity index is 1.06. The Labute approximate surface area is 300 Å². The van der Waals surface area contributed by atoms with Crippen LogP contribution in [-0.2, 0) is 25.5 Å². The molecule has 2 saturated carbocycles. The van der Waals surface area contributed by atoms with Gasteiger partial charge in [0.1, 0.15) is 0 Å². The molecule has 1 unspecified atom stereocenters. The summed E-state index contributed by atoms with van der Waals surface area (Å²) in [5.41, 5.74) is 5.93. The normalized spacial score (nSPS) is 21.3. The van der Waals surface area contributed by atoms with Gasteiger partial charge in [-0.2, -0.15) is 0 Å². The van der Waals surface area contributed by atoms with E-state index in [-0.39, 0.29) is 24.1 Å². The molecule has 3 aromatic carbocycles. The van der Waals surface area contributed by atoms with Gasteiger partial charge in [-0.3, -0.25) is 0 Å². The van der Waals surface area contributed by atoms with Crippen LogP contribution in [0.4, 0.5) is 0 Å². The number of hydrogen-bond donors (Lipinski definition) is 1. The molecule has 2 aliphatic carbocycles. The molecule has 0 radical (unpaired) electrons. The number of ether oxygens (including phenoxy) is 2. The first-order valence-electron chi connectivity index (χ1n) is 19.1. The van der Waals surface area contributed by atoms with E-state index >= 15 is 0 Å². The minimum Gasteiger partial charge on any atom is -0.462 e. The molecule has 1 N–H and O–H groups in total. The standard InChI is InChI=1S/C45H58O5/c1-5-6-33-9-15-36(16-10-33)39-21-23-42-28-40(22-24-41(42)27-39)37-17-11-34(12-18-37)7-8-35-13-19-38(20-14-35)43(30-50-44(47)31(2)3)25-26-49-45(48)32(4)29-46/h9-10,15-16,21-24,27-28,34-35,37-38,43,46H,2,4-8,11-14,17-20,25-26,29-30H2,1,3H3. The zero-order valence-electron chi connectivity index (χ0n) is 30.5. The van der Waals surface area contributed by atoms with Gasteiger partial charge in [0.05, 0.1) is 25.4 Å². The molecular weight excluding hydrogens is 620 g/mol. The fraction of sp³-hybridized carbons (Fsp3) is 0.511. The van der Waals surface area contributed by atoms with Crippen molar-refractivity contribution in [2.75, 3.05) is 19.8 Å². The molecule has 2 aliphatic rings. The van der Waals surface area contributed by atoms with E-state index in [0.717, 1.165) is 31.1 Å². The molecule has 268 valence electrons. The Morgan fingerprint density at radius 2 is 1.40 bits per heavy atom. The molecule has 3 aromatic rings. The van der Waals surface area contributed by atoms with Gasteiger partial charge in [0.15, 0.2) is 0 Å². The summed E-state index contributed by atoms with van der Waals surface area (Å²) in [6.45, 7) is 11.3. The topological polar surface area (TPSA) is 72.8 Å². The molecule has 0 aromatic heterocycles. The number of rotatable bonds is 16. The second-order valence-electron chi connectivity index (χ2n) is 15.2. The van der Waals surface area contributed by atoms with E-state index in [1.165, 1.54) is 90.8 Å². The van der Waals surface area contributed by atoms with Crippen molar-refractivity contribution in [1.29, 1.82) is 0 Å². The van der Waals surface area contributed by atoms with Gasteiger partial charge in [-0.1, -0.05) is 107 Å². The largest absolute Gasteiger partial charge is 0.462 e. The highest BCUT2D eigenvalue weighted by Crippen LogP contribution is 2.42. The number of fused-ring (bicyclic) bond motifs is 1. The number of carbonyl (C=O) groups excluding carboxylic acids is 2. The zero-order chi connectivity index (χ0) is 35.5. The van der Waals surface area contributed by atoms with Gasteiger partial charge in [-0.05, 0) is 127 Å². The summed E-state index contributed by atoms with van der Waals surface area (Å²) >= 11 is 0. The summed E-state index contributed by atoms with van der Waals surface area (Å²) in [7, 11) is 0. The predicted octanol–water partition coefficient (Wildman–Crippen LogP) is 10.5. The molecule has 2 fully saturated rings. The number of aliphatic hydroxyl groups is 1. The van der Waals surface area contributed by atoms with Crippen LogP contribution < -0.4 is 0 Å². The van der Waals surface area contributed by atoms with Crippen LogP contribution in [0.2, 0.25) is 0 Å². The molecule has 1 atom stereocenters. The van der Waals surface area contributed by atoms with Crippen molar-refractivity contribution in [2.24, 2.45) is 23.7 Å². The highest BCUT2D eigenvalue weighted by atomic mass is 16.5. The zero-order valence-corrected chi connectivity index (χ0v) is 30.5. The Morgan fingerprint density at radius 1 is 0.780 bits per heavy atom. The van der Waals surface area contributed by atoms with E-state index in [4.69, 9.17) is 14.6 Å². The van der Waals surface area contributed by atoms with Crippen LogP contribution in [0.25, 0.3) is 21.9 Å². The fourth-order valence-electron chi connectivity index (χ4n) is 8.29. The van der Waals surface area contributed by atoms with Crippen LogP contribution in [-0.4, -0.2) is 36.9 Å². The first-order valence-corrected chi connectivity index (χ1v) is 19.1. The quantitative estimate of drug-likeness (QED) is 0.121. The second-order valence-corrected chi connectivity index (χ2v) is 15.2. The molecule has 5 rings (SSSR count). The lowest BCUT2D eigenvalue weighted by atomic mass is 9.72. The number of esters is 2. The average Bonchev–Trinajstić information content (AvgIpc) is 3.15. The summed E-state index contributed by atoms with van der Waals surface area (Å²) in [5.74, 6) is 1.87. The van der Waals surface area contributed by atoms with Gasteiger partial charge >= 0.3 is 11.9 Å². The van der Waals surface area contributed by atoms with Crippen molar-refractivity contribution in [3.63, 3.8) is 0 Å². The predicted molar refractivity (Wildman–Crippen MR) is 204 cm³/mol. The number of aryl methyl sites for hydroxylation is 1. The van der Waals surface area contributed by atoms with Crippen LogP contribution in [0.5, 0.6) is 0 Å². The third kappa shape index (κ3) is 10.4. The van der Waals surface area contributed by atoms with Gasteiger partial charge < -0.3 is 14.6 Å². The van der Waals surface area contributed by atoms with E-state index in [0.29, 0.717) is 30.4 Å². The van der Waals surface area contributed by atoms with E-state index in [1.54, 1.807) is 6.92 Å². The Kier molecular flexibility index (Phi) is 13.9. The summed E-state index contributed by atoms with van der Waals surface area (Å²) in [4.78, 5) is 24.1. The first kappa shape index (κ1) is 37.6. The van der Waals surface area contributed by atoms with E-state index in [2.05, 4.69) is 80.7 Å². The lowest BCUT2D eigenvalue weighted by Gasteiger charge is -2.35. The summed E-state index contributed by atoms with van der Waals surface area (Å²) in [5, 5.41) is 11.8.